The van der Waals surface area contributed by atoms with Crippen molar-refractivity contribution < 1.29 is 0 Å². The van der Waals surface area contributed by atoms with Crippen LogP contribution in [0.2, 0.25) is 0 Å². The lowest BCUT2D eigenvalue weighted by Gasteiger charge is -2.36. The van der Waals surface area contributed by atoms with Crippen molar-refractivity contribution in [3.05, 3.63) is 133 Å². The summed E-state index contributed by atoms with van der Waals surface area (Å²) in [5.41, 5.74) is 11.3. The van der Waals surface area contributed by atoms with Crippen LogP contribution in [0.25, 0.3) is 54.6 Å². The zero-order valence-corrected chi connectivity index (χ0v) is 23.5. The number of aryl methyl sites for hydroxylation is 1. The van der Waals surface area contributed by atoms with Gasteiger partial charge in [-0.05, 0) is 85.8 Å². The molecule has 0 amide bonds. The van der Waals surface area contributed by atoms with Crippen LogP contribution in [0.15, 0.2) is 127 Å². The highest BCUT2D eigenvalue weighted by molar-refractivity contribution is 6.23. The van der Waals surface area contributed by atoms with E-state index in [9.17, 15) is 0 Å². The summed E-state index contributed by atoms with van der Waals surface area (Å²) in [6, 6.07) is 46.9. The first kappa shape index (κ1) is 23.8. The van der Waals surface area contributed by atoms with Gasteiger partial charge in [-0.1, -0.05) is 109 Å². The molecule has 1 aliphatic rings. The molecule has 7 aromatic rings. The van der Waals surface area contributed by atoms with Crippen molar-refractivity contribution in [2.75, 3.05) is 23.9 Å². The van der Waals surface area contributed by atoms with Gasteiger partial charge in [0.15, 0.2) is 0 Å². The van der Waals surface area contributed by atoms with Crippen LogP contribution in [0.5, 0.6) is 0 Å². The van der Waals surface area contributed by atoms with E-state index < -0.39 is 0 Å². The van der Waals surface area contributed by atoms with Crippen LogP contribution in [0, 0.1) is 6.92 Å². The van der Waals surface area contributed by atoms with Gasteiger partial charge in [0.1, 0.15) is 0 Å². The zero-order valence-electron chi connectivity index (χ0n) is 23.5. The molecule has 0 saturated heterocycles. The number of benzene rings is 7. The third-order valence-electron chi connectivity index (χ3n) is 8.83. The van der Waals surface area contributed by atoms with Crippen LogP contribution >= 0.6 is 0 Å². The molecule has 0 radical (unpaired) electrons. The average Bonchev–Trinajstić information content (AvgIpc) is 3.02. The number of rotatable bonds is 2. The predicted molar refractivity (Wildman–Crippen MR) is 177 cm³/mol. The fraction of sp³-hybridized carbons (Fsp3) is 0.0769. The van der Waals surface area contributed by atoms with Gasteiger partial charge in [-0.3, -0.25) is 0 Å². The highest BCUT2D eigenvalue weighted by Gasteiger charge is 2.25. The van der Waals surface area contributed by atoms with E-state index in [0.717, 1.165) is 0 Å². The number of para-hydroxylation sites is 2. The summed E-state index contributed by atoms with van der Waals surface area (Å²) in [6.07, 6.45) is 0. The van der Waals surface area contributed by atoms with E-state index in [2.05, 4.69) is 158 Å². The fourth-order valence-electron chi connectivity index (χ4n) is 6.86. The predicted octanol–water partition coefficient (Wildman–Crippen LogP) is 10.6. The second kappa shape index (κ2) is 8.97. The van der Waals surface area contributed by atoms with E-state index in [1.165, 1.54) is 82.9 Å². The maximum atomic E-state index is 2.38. The average molecular weight is 527 g/mol. The highest BCUT2D eigenvalue weighted by atomic mass is 15.2. The Bertz CT molecular complexity index is 2150. The lowest BCUT2D eigenvalue weighted by molar-refractivity contribution is 1.10. The van der Waals surface area contributed by atoms with Crippen molar-refractivity contribution in [2.45, 2.75) is 6.92 Å². The molecule has 196 valence electrons. The number of anilines is 4. The quantitative estimate of drug-likeness (QED) is 0.207. The highest BCUT2D eigenvalue weighted by Crippen LogP contribution is 2.50. The Balaban J connectivity index is 1.46. The molecule has 8 rings (SSSR count). The maximum absolute atomic E-state index is 2.38. The van der Waals surface area contributed by atoms with Crippen LogP contribution in [0.3, 0.4) is 0 Å². The van der Waals surface area contributed by atoms with Gasteiger partial charge in [-0.15, -0.1) is 0 Å². The minimum atomic E-state index is 1.21. The lowest BCUT2D eigenvalue weighted by Crippen LogP contribution is -2.24. The van der Waals surface area contributed by atoms with Crippen LogP contribution in [0.4, 0.5) is 22.7 Å². The van der Waals surface area contributed by atoms with Gasteiger partial charge in [0.25, 0.3) is 0 Å². The van der Waals surface area contributed by atoms with Gasteiger partial charge in [0.2, 0.25) is 0 Å². The van der Waals surface area contributed by atoms with Gasteiger partial charge in [0.05, 0.1) is 22.7 Å². The molecule has 2 nitrogen and oxygen atoms in total. The van der Waals surface area contributed by atoms with E-state index in [-0.39, 0.29) is 0 Å². The molecule has 0 saturated carbocycles. The summed E-state index contributed by atoms with van der Waals surface area (Å²) >= 11 is 0. The summed E-state index contributed by atoms with van der Waals surface area (Å²) < 4.78 is 0. The molecule has 0 aliphatic carbocycles. The minimum absolute atomic E-state index is 1.21. The van der Waals surface area contributed by atoms with Crippen molar-refractivity contribution in [1.82, 2.24) is 0 Å². The summed E-state index contributed by atoms with van der Waals surface area (Å²) in [6.45, 7) is 2.20. The molecule has 1 heterocycles. The normalized spacial score (nSPS) is 12.7. The number of fused-ring (bicyclic) bond motifs is 5. The summed E-state index contributed by atoms with van der Waals surface area (Å²) in [5, 5.41) is 7.69. The van der Waals surface area contributed by atoms with Crippen LogP contribution < -0.4 is 9.80 Å². The fourth-order valence-corrected chi connectivity index (χ4v) is 6.86. The minimum Gasteiger partial charge on any atom is -0.341 e. The molecule has 0 unspecified atom stereocenters. The molecule has 0 aromatic heterocycles. The van der Waals surface area contributed by atoms with Crippen molar-refractivity contribution in [3.8, 4) is 22.3 Å². The molecule has 0 bridgehead atoms. The number of hydrogen-bond acceptors (Lipinski definition) is 2. The zero-order chi connectivity index (χ0) is 27.7. The smallest absolute Gasteiger partial charge is 0.0656 e. The van der Waals surface area contributed by atoms with Crippen molar-refractivity contribution in [3.63, 3.8) is 0 Å². The Morgan fingerprint density at radius 3 is 1.78 bits per heavy atom. The second-order valence-corrected chi connectivity index (χ2v) is 11.2. The molecule has 1 aliphatic heterocycles. The summed E-state index contributed by atoms with van der Waals surface area (Å²) in [5.74, 6) is 0. The van der Waals surface area contributed by atoms with Crippen LogP contribution in [-0.4, -0.2) is 14.1 Å². The van der Waals surface area contributed by atoms with Crippen LogP contribution in [-0.2, 0) is 0 Å². The van der Waals surface area contributed by atoms with E-state index in [4.69, 9.17) is 0 Å². The Morgan fingerprint density at radius 1 is 0.415 bits per heavy atom. The Hall–Kier alpha value is -5.08. The number of nitrogens with zero attached hydrogens (tertiary/aromatic N) is 2. The molecule has 0 N–H and O–H groups in total. The molecular weight excluding hydrogens is 496 g/mol. The Kier molecular flexibility index (Phi) is 5.20. The van der Waals surface area contributed by atoms with E-state index in [1.54, 1.807) is 0 Å². The second-order valence-electron chi connectivity index (χ2n) is 11.2. The van der Waals surface area contributed by atoms with Gasteiger partial charge in [-0.2, -0.15) is 0 Å². The number of hydrogen-bond donors (Lipinski definition) is 0. The summed E-state index contributed by atoms with van der Waals surface area (Å²) in [7, 11) is 4.34. The molecule has 41 heavy (non-hydrogen) atoms. The van der Waals surface area contributed by atoms with Gasteiger partial charge >= 0.3 is 0 Å². The molecular formula is C39H30N2. The molecule has 0 spiro atoms. The van der Waals surface area contributed by atoms with Crippen molar-refractivity contribution in [2.24, 2.45) is 0 Å². The van der Waals surface area contributed by atoms with E-state index in [1.807, 2.05) is 0 Å². The van der Waals surface area contributed by atoms with Crippen molar-refractivity contribution >= 4 is 55.1 Å². The van der Waals surface area contributed by atoms with Crippen LogP contribution in [0.1, 0.15) is 5.56 Å². The SMILES string of the molecule is Cc1ccc2c(-c3cccc4ccccc34)c3ccccc3c(-c3ccc4c(c3)N(C)c3ccccc3N4C)c2c1. The molecule has 2 heteroatoms. The van der Waals surface area contributed by atoms with Gasteiger partial charge in [-0.25, -0.2) is 0 Å². The molecule has 0 atom stereocenters. The monoisotopic (exact) mass is 526 g/mol. The first-order valence-electron chi connectivity index (χ1n) is 14.2. The van der Waals surface area contributed by atoms with Gasteiger partial charge in [0, 0.05) is 14.1 Å². The Labute approximate surface area is 240 Å². The topological polar surface area (TPSA) is 6.48 Å². The van der Waals surface area contributed by atoms with E-state index in [0.29, 0.717) is 0 Å². The van der Waals surface area contributed by atoms with E-state index >= 15 is 0 Å². The third kappa shape index (κ3) is 3.50. The lowest BCUT2D eigenvalue weighted by atomic mass is 9.84. The maximum Gasteiger partial charge on any atom is 0.0656 e. The molecule has 7 aromatic carbocycles. The first-order valence-corrected chi connectivity index (χ1v) is 14.2. The standard InChI is InChI=1S/C39H30N2/c1-25-19-21-32-33(23-25)38(27-20-22-36-37(24-27)41(3)35-18-9-8-17-34(35)40(36)2)30-14-6-7-15-31(30)39(32)29-16-10-12-26-11-4-5-13-28(26)29/h4-24H,1-3H3. The first-order chi connectivity index (χ1) is 20.1. The Morgan fingerprint density at radius 2 is 1.00 bits per heavy atom. The molecule has 0 fully saturated rings. The largest absolute Gasteiger partial charge is 0.341 e. The van der Waals surface area contributed by atoms with Crippen molar-refractivity contribution in [1.29, 1.82) is 0 Å². The third-order valence-corrected chi connectivity index (χ3v) is 8.83. The summed E-state index contributed by atoms with van der Waals surface area (Å²) in [4.78, 5) is 4.63. The van der Waals surface area contributed by atoms with Gasteiger partial charge < -0.3 is 9.80 Å².